The van der Waals surface area contributed by atoms with E-state index in [1.165, 1.54) is 29.1 Å². The van der Waals surface area contributed by atoms with Crippen molar-refractivity contribution in [2.45, 2.75) is 0 Å². The molecule has 0 unspecified atom stereocenters. The van der Waals surface area contributed by atoms with Gasteiger partial charge in [0.25, 0.3) is 0 Å². The van der Waals surface area contributed by atoms with E-state index in [2.05, 4.69) is 0 Å². The zero-order chi connectivity index (χ0) is 4.12. The predicted molar refractivity (Wildman–Crippen MR) is 25.2 cm³/mol. The van der Waals surface area contributed by atoms with Crippen LogP contribution in [-0.4, -0.2) is 23.0 Å². The van der Waals surface area contributed by atoms with Crippen LogP contribution >= 0.6 is 0 Å². The molecule has 0 aliphatic carbocycles. The molecule has 9 heavy (non-hydrogen) atoms. The van der Waals surface area contributed by atoms with Gasteiger partial charge in [0.1, 0.15) is 0 Å². The maximum absolute atomic E-state index is 4.94. The Morgan fingerprint density at radius 3 is 1.44 bits per heavy atom. The molecular formula is C4H5Cl3SbZr. The fourth-order valence-electron chi connectivity index (χ4n) is 0.0556. The molecule has 0 atom stereocenters. The number of allylic oxidation sites excluding steroid dienone is 2. The van der Waals surface area contributed by atoms with Crippen LogP contribution in [0.15, 0.2) is 16.2 Å². The first-order chi connectivity index (χ1) is 2.41. The van der Waals surface area contributed by atoms with Crippen molar-refractivity contribution < 1.29 is 63.4 Å². The monoisotopic (exact) mass is 369 g/mol. The van der Waals surface area contributed by atoms with E-state index < -0.39 is 0 Å². The van der Waals surface area contributed by atoms with Crippen LogP contribution in [-0.2, 0) is 26.2 Å². The molecule has 51 valence electrons. The molecule has 0 heterocycles. The van der Waals surface area contributed by atoms with E-state index in [1.807, 2.05) is 10.1 Å². The molecule has 0 spiro atoms. The van der Waals surface area contributed by atoms with Gasteiger partial charge in [-0.25, -0.2) is 0 Å². The SMILES string of the molecule is [CH-]=CC=[CH][SbH].[Cl-].[Cl-].[Cl-].[Zr+4]. The van der Waals surface area contributed by atoms with Crippen LogP contribution in [0, 0.1) is 6.58 Å². The van der Waals surface area contributed by atoms with E-state index in [0.29, 0.717) is 0 Å². The summed E-state index contributed by atoms with van der Waals surface area (Å²) in [5, 5.41) is 0. The van der Waals surface area contributed by atoms with Gasteiger partial charge in [0.15, 0.2) is 0 Å². The molecule has 0 N–H and O–H groups in total. The molecular weight excluding hydrogens is 367 g/mol. The van der Waals surface area contributed by atoms with Crippen LogP contribution in [0.3, 0.4) is 0 Å². The number of rotatable bonds is 1. The topological polar surface area (TPSA) is 0 Å². The van der Waals surface area contributed by atoms with Gasteiger partial charge in [-0.05, 0) is 0 Å². The molecule has 0 aromatic carbocycles. The minimum Gasteiger partial charge on any atom is -1.00 e. The molecule has 0 aromatic rings. The molecule has 0 rings (SSSR count). The molecule has 0 saturated heterocycles. The van der Waals surface area contributed by atoms with E-state index in [-0.39, 0.29) is 63.4 Å². The van der Waals surface area contributed by atoms with Crippen molar-refractivity contribution in [1.29, 1.82) is 0 Å². The Morgan fingerprint density at radius 2 is 1.44 bits per heavy atom. The van der Waals surface area contributed by atoms with Gasteiger partial charge in [-0.2, -0.15) is 0 Å². The summed E-state index contributed by atoms with van der Waals surface area (Å²) >= 11 is 1.39. The first kappa shape index (κ1) is 30.5. The number of hydrogen-bond acceptors (Lipinski definition) is 0. The van der Waals surface area contributed by atoms with Gasteiger partial charge in [-0.15, -0.1) is 0 Å². The average Bonchev–Trinajstić information content (AvgIpc) is 1.41. The molecule has 0 nitrogen and oxygen atoms in total. The Balaban J connectivity index is -0.0000000133. The van der Waals surface area contributed by atoms with Crippen LogP contribution in [0.5, 0.6) is 0 Å². The van der Waals surface area contributed by atoms with Gasteiger partial charge in [-0.3, -0.25) is 0 Å². The summed E-state index contributed by atoms with van der Waals surface area (Å²) in [6.07, 6.45) is 3.34. The third-order valence-corrected chi connectivity index (χ3v) is 0.757. The summed E-state index contributed by atoms with van der Waals surface area (Å²) in [6, 6.07) is 0. The first-order valence-electron chi connectivity index (χ1n) is 1.29. The summed E-state index contributed by atoms with van der Waals surface area (Å²) in [7, 11) is 0. The molecule has 0 aromatic heterocycles. The van der Waals surface area contributed by atoms with E-state index in [1.54, 1.807) is 0 Å². The van der Waals surface area contributed by atoms with Crippen molar-refractivity contribution in [2.24, 2.45) is 0 Å². The summed E-state index contributed by atoms with van der Waals surface area (Å²) in [5.41, 5.74) is 0. The van der Waals surface area contributed by atoms with Crippen molar-refractivity contribution in [1.82, 2.24) is 0 Å². The maximum atomic E-state index is 4.94. The van der Waals surface area contributed by atoms with E-state index >= 15 is 0 Å². The quantitative estimate of drug-likeness (QED) is 0.244. The van der Waals surface area contributed by atoms with Crippen molar-refractivity contribution in [3.05, 3.63) is 22.8 Å². The summed E-state index contributed by atoms with van der Waals surface area (Å²) in [6.45, 7) is 4.94. The molecule has 0 aliphatic rings. The number of hydrogen-bond donors (Lipinski definition) is 0. The summed E-state index contributed by atoms with van der Waals surface area (Å²) in [4.78, 5) is 0. The third kappa shape index (κ3) is 39.7. The summed E-state index contributed by atoms with van der Waals surface area (Å²) in [5.74, 6) is 0. The standard InChI is InChI=1S/C4H4.3ClH.Sb.Zr.H/c1-3-4-2;;;;;;/h1-4H;3*1H;;;/q-1;;;;;+4;/p-3. The zero-order valence-electron chi connectivity index (χ0n) is 4.44. The van der Waals surface area contributed by atoms with Crippen LogP contribution in [0.4, 0.5) is 0 Å². The molecule has 0 fully saturated rings. The van der Waals surface area contributed by atoms with Crippen LogP contribution in [0.1, 0.15) is 0 Å². The predicted octanol–water partition coefficient (Wildman–Crippen LogP) is -8.60. The Hall–Kier alpha value is 2.05. The Morgan fingerprint density at radius 1 is 1.11 bits per heavy atom. The third-order valence-electron chi connectivity index (χ3n) is 0.207. The van der Waals surface area contributed by atoms with Crippen LogP contribution < -0.4 is 37.2 Å². The van der Waals surface area contributed by atoms with Gasteiger partial charge in [0.05, 0.1) is 0 Å². The average molecular weight is 372 g/mol. The molecule has 1 radical (unpaired) electrons. The van der Waals surface area contributed by atoms with Crippen LogP contribution in [0.2, 0.25) is 0 Å². The van der Waals surface area contributed by atoms with Gasteiger partial charge in [-0.1, -0.05) is 0 Å². The van der Waals surface area contributed by atoms with E-state index in [9.17, 15) is 0 Å². The second-order valence-electron chi connectivity index (χ2n) is 0.552. The van der Waals surface area contributed by atoms with Gasteiger partial charge < -0.3 is 37.2 Å². The Kier molecular flexibility index (Phi) is 109. The van der Waals surface area contributed by atoms with Crippen molar-refractivity contribution in [3.8, 4) is 0 Å². The maximum Gasteiger partial charge on any atom is 4.00 e. The Bertz CT molecular complexity index is 57.8. The molecule has 0 aliphatic heterocycles. The normalized spacial score (nSPS) is 5.00. The first-order valence-corrected chi connectivity index (χ1v) is 2.94. The largest absolute Gasteiger partial charge is 4.00 e. The smallest absolute Gasteiger partial charge is 1.00 e. The van der Waals surface area contributed by atoms with Gasteiger partial charge in [0.2, 0.25) is 0 Å². The van der Waals surface area contributed by atoms with Crippen molar-refractivity contribution in [2.75, 3.05) is 0 Å². The fraction of sp³-hybridized carbons (Fsp3) is 0. The fourth-order valence-corrected chi connectivity index (χ4v) is 0.373. The second kappa shape index (κ2) is 32.3. The molecule has 0 amide bonds. The number of halogens is 3. The van der Waals surface area contributed by atoms with Crippen molar-refractivity contribution >= 4 is 23.0 Å². The van der Waals surface area contributed by atoms with Gasteiger partial charge in [0, 0.05) is 0 Å². The van der Waals surface area contributed by atoms with Gasteiger partial charge >= 0.3 is 72.0 Å². The van der Waals surface area contributed by atoms with Crippen LogP contribution in [0.25, 0.3) is 0 Å². The molecule has 0 saturated carbocycles. The van der Waals surface area contributed by atoms with E-state index in [0.717, 1.165) is 0 Å². The minimum atomic E-state index is 0. The minimum absolute atomic E-state index is 0. The van der Waals surface area contributed by atoms with Crippen molar-refractivity contribution in [3.63, 3.8) is 0 Å². The summed E-state index contributed by atoms with van der Waals surface area (Å²) < 4.78 is 1.96. The van der Waals surface area contributed by atoms with E-state index in [4.69, 9.17) is 6.58 Å². The molecule has 0 bridgehead atoms. The zero-order valence-corrected chi connectivity index (χ0v) is 12.0. The second-order valence-corrected chi connectivity index (χ2v) is 1.50. The molecule has 5 heteroatoms. The Labute approximate surface area is 108 Å².